The van der Waals surface area contributed by atoms with Crippen molar-refractivity contribution in [3.05, 3.63) is 52.0 Å². The summed E-state index contributed by atoms with van der Waals surface area (Å²) in [7, 11) is 3.11. The lowest BCUT2D eigenvalue weighted by atomic mass is 9.78. The van der Waals surface area contributed by atoms with Gasteiger partial charge in [0.15, 0.2) is 0 Å². The summed E-state index contributed by atoms with van der Waals surface area (Å²) < 4.78 is 16.4. The van der Waals surface area contributed by atoms with Gasteiger partial charge in [0, 0.05) is 41.7 Å². The molecule has 3 atom stereocenters. The van der Waals surface area contributed by atoms with Gasteiger partial charge in [0.25, 0.3) is 0 Å². The van der Waals surface area contributed by atoms with E-state index in [2.05, 4.69) is 0 Å². The van der Waals surface area contributed by atoms with Gasteiger partial charge in [-0.05, 0) is 55.5 Å². The zero-order valence-electron chi connectivity index (χ0n) is 22.9. The van der Waals surface area contributed by atoms with E-state index >= 15 is 0 Å². The zero-order valence-corrected chi connectivity index (χ0v) is 23.6. The minimum Gasteiger partial charge on any atom is -0.508 e. The first kappa shape index (κ1) is 28.1. The van der Waals surface area contributed by atoms with Crippen molar-refractivity contribution in [1.82, 2.24) is 9.80 Å². The molecule has 3 aliphatic rings. The van der Waals surface area contributed by atoms with Crippen LogP contribution in [-0.4, -0.2) is 60.0 Å². The first-order chi connectivity index (χ1) is 19.3. The van der Waals surface area contributed by atoms with Gasteiger partial charge >= 0.3 is 5.97 Å². The molecule has 0 radical (unpaired) electrons. The second kappa shape index (κ2) is 12.0. The minimum atomic E-state index is -0.757. The summed E-state index contributed by atoms with van der Waals surface area (Å²) >= 11 is 6.49. The topological polar surface area (TPSA) is 106 Å². The van der Waals surface area contributed by atoms with Crippen molar-refractivity contribution in [2.24, 2.45) is 11.8 Å². The summed E-state index contributed by atoms with van der Waals surface area (Å²) in [6.07, 6.45) is 3.51. The van der Waals surface area contributed by atoms with Crippen LogP contribution in [0.1, 0.15) is 61.4 Å². The second-order valence-corrected chi connectivity index (χ2v) is 11.0. The third kappa shape index (κ3) is 5.31. The van der Waals surface area contributed by atoms with E-state index in [1.54, 1.807) is 48.3 Å². The molecule has 1 aliphatic carbocycles. The molecular formula is C30H35ClN2O7. The number of rotatable bonds is 7. The van der Waals surface area contributed by atoms with Crippen molar-refractivity contribution < 1.29 is 33.7 Å². The van der Waals surface area contributed by atoms with Gasteiger partial charge in [-0.25, -0.2) is 0 Å². The smallest absolute Gasteiger partial charge is 0.310 e. The third-order valence-electron chi connectivity index (χ3n) is 8.37. The number of hydrogen-bond acceptors (Lipinski definition) is 7. The summed E-state index contributed by atoms with van der Waals surface area (Å²) in [6, 6.07) is 8.44. The number of halogens is 1. The quantitative estimate of drug-likeness (QED) is 0.484. The molecule has 1 saturated carbocycles. The van der Waals surface area contributed by atoms with Crippen LogP contribution < -0.4 is 9.47 Å². The van der Waals surface area contributed by atoms with E-state index < -0.39 is 24.0 Å². The average Bonchev–Trinajstić information content (AvgIpc) is 3.41. The van der Waals surface area contributed by atoms with Crippen LogP contribution in [0.25, 0.3) is 0 Å². The molecule has 2 heterocycles. The number of methoxy groups -OCH3 is 2. The van der Waals surface area contributed by atoms with Crippen molar-refractivity contribution in [2.75, 3.05) is 27.3 Å². The van der Waals surface area contributed by atoms with E-state index in [1.165, 1.54) is 6.07 Å². The fraction of sp³-hybridized carbons (Fsp3) is 0.500. The lowest BCUT2D eigenvalue weighted by molar-refractivity contribution is -0.162. The van der Waals surface area contributed by atoms with Crippen molar-refractivity contribution in [3.8, 4) is 17.2 Å². The van der Waals surface area contributed by atoms with Crippen molar-refractivity contribution >= 4 is 29.4 Å². The highest BCUT2D eigenvalue weighted by Gasteiger charge is 2.46. The maximum absolute atomic E-state index is 14.2. The van der Waals surface area contributed by atoms with Gasteiger partial charge in [0.2, 0.25) is 11.8 Å². The Morgan fingerprint density at radius 2 is 1.77 bits per heavy atom. The van der Waals surface area contributed by atoms with Gasteiger partial charge in [-0.15, -0.1) is 0 Å². The fourth-order valence-electron chi connectivity index (χ4n) is 6.31. The Morgan fingerprint density at radius 3 is 2.48 bits per heavy atom. The number of carbonyl (C=O) groups is 3. The number of esters is 1. The Balaban J connectivity index is 1.39. The zero-order chi connectivity index (χ0) is 28.4. The number of likely N-dealkylation sites (tertiary alicyclic amines) is 1. The van der Waals surface area contributed by atoms with Crippen LogP contribution in [-0.2, 0) is 32.1 Å². The summed E-state index contributed by atoms with van der Waals surface area (Å²) in [5, 5.41) is 11.4. The van der Waals surface area contributed by atoms with E-state index in [9.17, 15) is 19.5 Å². The van der Waals surface area contributed by atoms with Gasteiger partial charge in [-0.1, -0.05) is 24.4 Å². The lowest BCUT2D eigenvalue weighted by Gasteiger charge is -2.45. The molecule has 0 bridgehead atoms. The Hall–Kier alpha value is -3.46. The number of aromatic hydroxyl groups is 1. The predicted octanol–water partition coefficient (Wildman–Crippen LogP) is 4.62. The summed E-state index contributed by atoms with van der Waals surface area (Å²) in [5.74, 6) is -0.681. The highest BCUT2D eigenvalue weighted by molar-refractivity contribution is 6.31. The van der Waals surface area contributed by atoms with E-state index in [0.29, 0.717) is 72.8 Å². The number of hydrogen-bond donors (Lipinski definition) is 1. The number of phenols is 1. The molecule has 2 aliphatic heterocycles. The van der Waals surface area contributed by atoms with Crippen LogP contribution in [0.4, 0.5) is 0 Å². The largest absolute Gasteiger partial charge is 0.508 e. The number of amides is 2. The number of fused-ring (bicyclic) bond motifs is 1. The highest BCUT2D eigenvalue weighted by atomic mass is 35.5. The van der Waals surface area contributed by atoms with E-state index in [0.717, 1.165) is 18.4 Å². The third-order valence-corrected chi connectivity index (χ3v) is 8.73. The van der Waals surface area contributed by atoms with Gasteiger partial charge in [0.1, 0.15) is 30.0 Å². The molecule has 9 nitrogen and oxygen atoms in total. The number of nitrogens with zero attached hydrogens (tertiary/aromatic N) is 2. The molecule has 40 heavy (non-hydrogen) atoms. The van der Waals surface area contributed by atoms with Crippen molar-refractivity contribution in [1.29, 1.82) is 0 Å². The number of ether oxygens (including phenoxy) is 3. The van der Waals surface area contributed by atoms with Crippen LogP contribution in [0.2, 0.25) is 5.02 Å². The highest BCUT2D eigenvalue weighted by Crippen LogP contribution is 2.44. The average molecular weight is 571 g/mol. The summed E-state index contributed by atoms with van der Waals surface area (Å²) in [6.45, 7) is 0.834. The second-order valence-electron chi connectivity index (χ2n) is 10.6. The Morgan fingerprint density at radius 1 is 1.00 bits per heavy atom. The normalized spacial score (nSPS) is 22.6. The molecule has 2 aromatic rings. The first-order valence-corrected chi connectivity index (χ1v) is 14.2. The predicted molar refractivity (Wildman–Crippen MR) is 147 cm³/mol. The van der Waals surface area contributed by atoms with Gasteiger partial charge in [-0.3, -0.25) is 14.4 Å². The van der Waals surface area contributed by atoms with Crippen LogP contribution in [0.5, 0.6) is 17.2 Å². The molecule has 2 amide bonds. The molecule has 1 saturated heterocycles. The maximum atomic E-state index is 14.2. The molecule has 1 unspecified atom stereocenters. The number of carbonyl (C=O) groups excluding carboxylic acids is 3. The SMILES string of the molecule is COc1ccc(COC(=O)[C@H]2CCCC[C@H]2C(=O)N2CCc3c(Cl)ccc(O)c3C2N2CCCC2=O)c(OC)c1. The van der Waals surface area contributed by atoms with Crippen LogP contribution in [0.15, 0.2) is 30.3 Å². The van der Waals surface area contributed by atoms with E-state index in [1.807, 2.05) is 0 Å². The maximum Gasteiger partial charge on any atom is 0.310 e. The molecular weight excluding hydrogens is 536 g/mol. The molecule has 10 heteroatoms. The van der Waals surface area contributed by atoms with E-state index in [-0.39, 0.29) is 24.2 Å². The van der Waals surface area contributed by atoms with Crippen LogP contribution in [0.3, 0.4) is 0 Å². The van der Waals surface area contributed by atoms with Gasteiger partial charge in [0.05, 0.1) is 26.1 Å². The minimum absolute atomic E-state index is 0.00893. The summed E-state index contributed by atoms with van der Waals surface area (Å²) in [4.78, 5) is 43.8. The van der Waals surface area contributed by atoms with Crippen LogP contribution >= 0.6 is 11.6 Å². The molecule has 0 spiro atoms. The molecule has 2 fully saturated rings. The summed E-state index contributed by atoms with van der Waals surface area (Å²) in [5.41, 5.74) is 1.95. The first-order valence-electron chi connectivity index (χ1n) is 13.8. The monoisotopic (exact) mass is 570 g/mol. The van der Waals surface area contributed by atoms with Gasteiger partial charge in [-0.2, -0.15) is 0 Å². The van der Waals surface area contributed by atoms with Crippen molar-refractivity contribution in [2.45, 2.75) is 57.7 Å². The van der Waals surface area contributed by atoms with Gasteiger partial charge < -0.3 is 29.1 Å². The molecule has 5 rings (SSSR count). The Labute approximate surface area is 238 Å². The Kier molecular flexibility index (Phi) is 8.40. The Bertz CT molecular complexity index is 1300. The molecule has 0 aromatic heterocycles. The van der Waals surface area contributed by atoms with Crippen molar-refractivity contribution in [3.63, 3.8) is 0 Å². The molecule has 2 aromatic carbocycles. The number of benzene rings is 2. The molecule has 1 N–H and O–H groups in total. The standard InChI is InChI=1S/C30H35ClN2O7/c1-38-19-10-9-18(25(16-19)39-2)17-40-30(37)21-7-4-3-6-20(21)29(36)33-15-13-22-23(31)11-12-24(34)27(22)28(33)32-14-5-8-26(32)35/h9-12,16,20-21,28,34H,3-8,13-15,17H2,1-2H3/t20-,21+,28?/m1/s1. The van der Waals surface area contributed by atoms with Crippen LogP contribution in [0, 0.1) is 11.8 Å². The fourth-order valence-corrected chi connectivity index (χ4v) is 6.57. The van der Waals surface area contributed by atoms with E-state index in [4.69, 9.17) is 25.8 Å². The molecule has 214 valence electrons. The lowest BCUT2D eigenvalue weighted by Crippen LogP contribution is -2.52. The number of phenolic OH excluding ortho intramolecular Hbond substituents is 1.